The van der Waals surface area contributed by atoms with Crippen LogP contribution in [-0.2, 0) is 21.2 Å². The first kappa shape index (κ1) is 23.3. The maximum Gasteiger partial charge on any atom is 0.264 e. The highest BCUT2D eigenvalue weighted by Gasteiger charge is 2.27. The minimum Gasteiger partial charge on any atom is -0.496 e. The summed E-state index contributed by atoms with van der Waals surface area (Å²) in [4.78, 5) is 12.8. The number of para-hydroxylation sites is 1. The number of anilines is 1. The molecule has 1 amide bonds. The Labute approximate surface area is 189 Å². The van der Waals surface area contributed by atoms with Crippen molar-refractivity contribution in [2.24, 2.45) is 0 Å². The molecule has 0 aliphatic heterocycles. The first-order chi connectivity index (χ1) is 15.4. The molecule has 0 atom stereocenters. The van der Waals surface area contributed by atoms with Crippen LogP contribution in [0.4, 0.5) is 5.69 Å². The second-order valence-electron chi connectivity index (χ2n) is 7.43. The molecule has 3 aromatic carbocycles. The van der Waals surface area contributed by atoms with Crippen molar-refractivity contribution in [1.82, 2.24) is 5.32 Å². The molecule has 168 valence electrons. The van der Waals surface area contributed by atoms with Gasteiger partial charge in [-0.15, -0.1) is 0 Å². The third-order valence-electron chi connectivity index (χ3n) is 5.05. The Morgan fingerprint density at radius 1 is 0.969 bits per heavy atom. The predicted molar refractivity (Wildman–Crippen MR) is 126 cm³/mol. The highest BCUT2D eigenvalue weighted by atomic mass is 32.2. The minimum absolute atomic E-state index is 0.144. The van der Waals surface area contributed by atoms with Crippen LogP contribution in [0.2, 0.25) is 0 Å². The third kappa shape index (κ3) is 5.88. The van der Waals surface area contributed by atoms with Crippen LogP contribution in [0, 0.1) is 6.92 Å². The van der Waals surface area contributed by atoms with Crippen LogP contribution in [0.5, 0.6) is 5.75 Å². The summed E-state index contributed by atoms with van der Waals surface area (Å²) in [6.45, 7) is 2.02. The molecule has 0 saturated carbocycles. The topological polar surface area (TPSA) is 75.7 Å². The van der Waals surface area contributed by atoms with Crippen molar-refractivity contribution in [3.8, 4) is 5.75 Å². The van der Waals surface area contributed by atoms with Gasteiger partial charge in [-0.3, -0.25) is 9.10 Å². The fourth-order valence-electron chi connectivity index (χ4n) is 3.42. The van der Waals surface area contributed by atoms with E-state index in [2.05, 4.69) is 5.32 Å². The number of ether oxygens (including phenoxy) is 1. The van der Waals surface area contributed by atoms with Crippen LogP contribution in [0.25, 0.3) is 0 Å². The Bertz CT molecular complexity index is 1150. The van der Waals surface area contributed by atoms with Gasteiger partial charge in [-0.05, 0) is 61.2 Å². The number of hydrogen-bond acceptors (Lipinski definition) is 4. The van der Waals surface area contributed by atoms with Gasteiger partial charge in [0.1, 0.15) is 12.3 Å². The quantitative estimate of drug-likeness (QED) is 0.473. The van der Waals surface area contributed by atoms with Gasteiger partial charge in [0, 0.05) is 6.54 Å². The molecule has 0 fully saturated rings. The van der Waals surface area contributed by atoms with Crippen LogP contribution in [0.15, 0.2) is 83.8 Å². The molecule has 0 unspecified atom stereocenters. The van der Waals surface area contributed by atoms with Gasteiger partial charge >= 0.3 is 0 Å². The lowest BCUT2D eigenvalue weighted by Crippen LogP contribution is -2.41. The number of aryl methyl sites for hydroxylation is 2. The Morgan fingerprint density at radius 3 is 2.41 bits per heavy atom. The molecular weight excluding hydrogens is 424 g/mol. The molecular formula is C25H28N2O4S. The van der Waals surface area contributed by atoms with Gasteiger partial charge in [0.05, 0.1) is 17.7 Å². The Kier molecular flexibility index (Phi) is 7.89. The van der Waals surface area contributed by atoms with Crippen molar-refractivity contribution in [3.05, 3.63) is 90.0 Å². The summed E-state index contributed by atoms with van der Waals surface area (Å²) in [6, 6.07) is 23.0. The highest BCUT2D eigenvalue weighted by Crippen LogP contribution is 2.24. The smallest absolute Gasteiger partial charge is 0.264 e. The van der Waals surface area contributed by atoms with Crippen molar-refractivity contribution in [2.45, 2.75) is 24.7 Å². The molecule has 0 spiro atoms. The number of amides is 1. The van der Waals surface area contributed by atoms with Gasteiger partial charge in [-0.25, -0.2) is 8.42 Å². The molecule has 1 N–H and O–H groups in total. The van der Waals surface area contributed by atoms with Crippen LogP contribution in [0.3, 0.4) is 0 Å². The summed E-state index contributed by atoms with van der Waals surface area (Å²) in [5.74, 6) is 0.462. The van der Waals surface area contributed by atoms with Crippen molar-refractivity contribution in [2.75, 3.05) is 24.5 Å². The number of hydrogen-bond donors (Lipinski definition) is 1. The lowest BCUT2D eigenvalue weighted by atomic mass is 10.1. The van der Waals surface area contributed by atoms with E-state index in [-0.39, 0.29) is 17.3 Å². The van der Waals surface area contributed by atoms with Crippen molar-refractivity contribution >= 4 is 21.6 Å². The van der Waals surface area contributed by atoms with Crippen LogP contribution >= 0.6 is 0 Å². The first-order valence-corrected chi connectivity index (χ1v) is 11.9. The third-order valence-corrected chi connectivity index (χ3v) is 6.83. The highest BCUT2D eigenvalue weighted by molar-refractivity contribution is 7.92. The largest absolute Gasteiger partial charge is 0.496 e. The lowest BCUT2D eigenvalue weighted by Gasteiger charge is -2.24. The lowest BCUT2D eigenvalue weighted by molar-refractivity contribution is -0.119. The second-order valence-corrected chi connectivity index (χ2v) is 9.29. The van der Waals surface area contributed by atoms with Crippen LogP contribution in [-0.4, -0.2) is 34.5 Å². The van der Waals surface area contributed by atoms with Gasteiger partial charge in [-0.1, -0.05) is 48.5 Å². The van der Waals surface area contributed by atoms with Crippen LogP contribution in [0.1, 0.15) is 17.5 Å². The number of sulfonamides is 1. The molecule has 3 rings (SSSR count). The second kappa shape index (κ2) is 10.8. The number of methoxy groups -OCH3 is 1. The molecule has 0 saturated heterocycles. The fourth-order valence-corrected chi connectivity index (χ4v) is 4.85. The van der Waals surface area contributed by atoms with Crippen molar-refractivity contribution < 1.29 is 17.9 Å². The minimum atomic E-state index is -3.89. The number of carbonyl (C=O) groups excluding carboxylic acids is 1. The maximum atomic E-state index is 13.3. The number of carbonyl (C=O) groups is 1. The number of nitrogens with one attached hydrogen (secondary N) is 1. The van der Waals surface area contributed by atoms with E-state index in [4.69, 9.17) is 4.74 Å². The zero-order valence-electron chi connectivity index (χ0n) is 18.3. The average molecular weight is 453 g/mol. The Hall–Kier alpha value is -3.32. The van der Waals surface area contributed by atoms with E-state index >= 15 is 0 Å². The molecule has 0 bridgehead atoms. The summed E-state index contributed by atoms with van der Waals surface area (Å²) in [6.07, 6.45) is 1.45. The summed E-state index contributed by atoms with van der Waals surface area (Å²) < 4.78 is 33.1. The van der Waals surface area contributed by atoms with E-state index in [0.29, 0.717) is 18.7 Å². The molecule has 0 radical (unpaired) electrons. The average Bonchev–Trinajstić information content (AvgIpc) is 2.81. The van der Waals surface area contributed by atoms with Crippen molar-refractivity contribution in [1.29, 1.82) is 0 Å². The number of benzene rings is 3. The van der Waals surface area contributed by atoms with E-state index in [1.807, 2.05) is 37.3 Å². The summed E-state index contributed by atoms with van der Waals surface area (Å²) >= 11 is 0. The normalized spacial score (nSPS) is 11.1. The molecule has 0 heterocycles. The van der Waals surface area contributed by atoms with Gasteiger partial charge in [0.25, 0.3) is 10.0 Å². The van der Waals surface area contributed by atoms with E-state index in [0.717, 1.165) is 27.6 Å². The van der Waals surface area contributed by atoms with Crippen molar-refractivity contribution in [3.63, 3.8) is 0 Å². The SMILES string of the molecule is COc1ccccc1CCCNC(=O)CN(c1cccc(C)c1)S(=O)(=O)c1ccccc1. The summed E-state index contributed by atoms with van der Waals surface area (Å²) in [7, 11) is -2.26. The summed E-state index contributed by atoms with van der Waals surface area (Å²) in [5.41, 5.74) is 2.43. The molecule has 7 heteroatoms. The number of rotatable bonds is 10. The zero-order valence-corrected chi connectivity index (χ0v) is 19.1. The first-order valence-electron chi connectivity index (χ1n) is 10.4. The summed E-state index contributed by atoms with van der Waals surface area (Å²) in [5, 5.41) is 2.84. The van der Waals surface area contributed by atoms with Gasteiger partial charge in [0.2, 0.25) is 5.91 Å². The molecule has 0 aliphatic carbocycles. The number of nitrogens with zero attached hydrogens (tertiary/aromatic N) is 1. The van der Waals surface area contributed by atoms with Gasteiger partial charge in [-0.2, -0.15) is 0 Å². The molecule has 6 nitrogen and oxygen atoms in total. The molecule has 3 aromatic rings. The zero-order chi connectivity index (χ0) is 23.0. The molecule has 32 heavy (non-hydrogen) atoms. The van der Waals surface area contributed by atoms with E-state index in [1.54, 1.807) is 43.5 Å². The predicted octanol–water partition coefficient (Wildman–Crippen LogP) is 3.95. The molecule has 0 aliphatic rings. The van der Waals surface area contributed by atoms with E-state index in [1.165, 1.54) is 12.1 Å². The monoisotopic (exact) mass is 452 g/mol. The van der Waals surface area contributed by atoms with Crippen LogP contribution < -0.4 is 14.4 Å². The van der Waals surface area contributed by atoms with Gasteiger partial charge in [0.15, 0.2) is 0 Å². The van der Waals surface area contributed by atoms with E-state index < -0.39 is 10.0 Å². The Balaban J connectivity index is 1.69. The maximum absolute atomic E-state index is 13.3. The molecule has 0 aromatic heterocycles. The van der Waals surface area contributed by atoms with Gasteiger partial charge < -0.3 is 10.1 Å². The standard InChI is InChI=1S/C25H28N2O4S/c1-20-10-8-13-22(18-20)27(32(29,30)23-14-4-3-5-15-23)19-25(28)26-17-9-12-21-11-6-7-16-24(21)31-2/h3-8,10-11,13-16,18H,9,12,17,19H2,1-2H3,(H,26,28). The van der Waals surface area contributed by atoms with E-state index in [9.17, 15) is 13.2 Å². The fraction of sp³-hybridized carbons (Fsp3) is 0.240. The Morgan fingerprint density at radius 2 is 1.69 bits per heavy atom.